The summed E-state index contributed by atoms with van der Waals surface area (Å²) in [4.78, 5) is 23.9. The molecule has 2 rings (SSSR count). The average Bonchev–Trinajstić information content (AvgIpc) is 2.92. The molecular formula is C18H19BrO7. The van der Waals surface area contributed by atoms with Crippen LogP contribution in [0.3, 0.4) is 0 Å². The van der Waals surface area contributed by atoms with Crippen molar-refractivity contribution in [3.05, 3.63) is 40.6 Å². The average molecular weight is 427 g/mol. The molecule has 0 N–H and O–H groups in total. The third kappa shape index (κ3) is 4.86. The van der Waals surface area contributed by atoms with E-state index in [0.717, 1.165) is 0 Å². The van der Waals surface area contributed by atoms with E-state index in [9.17, 15) is 9.59 Å². The Balaban J connectivity index is 2.23. The predicted octanol–water partition coefficient (Wildman–Crippen LogP) is 3.41. The zero-order valence-corrected chi connectivity index (χ0v) is 16.1. The monoisotopic (exact) mass is 426 g/mol. The fourth-order valence-corrected chi connectivity index (χ4v) is 2.64. The number of furan rings is 1. The number of hydrogen-bond acceptors (Lipinski definition) is 7. The Morgan fingerprint density at radius 3 is 2.73 bits per heavy atom. The van der Waals surface area contributed by atoms with E-state index < -0.39 is 11.9 Å². The van der Waals surface area contributed by atoms with Crippen LogP contribution in [0.4, 0.5) is 0 Å². The lowest BCUT2D eigenvalue weighted by molar-refractivity contribution is -0.144. The second kappa shape index (κ2) is 9.40. The van der Waals surface area contributed by atoms with Crippen LogP contribution in [-0.4, -0.2) is 45.5 Å². The first kappa shape index (κ1) is 20.0. The minimum absolute atomic E-state index is 0.112. The highest BCUT2D eigenvalue weighted by Crippen LogP contribution is 2.35. The lowest BCUT2D eigenvalue weighted by Crippen LogP contribution is -2.15. The fourth-order valence-electron chi connectivity index (χ4n) is 2.20. The number of aryl methyl sites for hydroxylation is 1. The lowest BCUT2D eigenvalue weighted by Gasteiger charge is -2.08. The van der Waals surface area contributed by atoms with E-state index in [0.29, 0.717) is 39.1 Å². The van der Waals surface area contributed by atoms with E-state index in [1.165, 1.54) is 13.2 Å². The molecule has 0 amide bonds. The smallest absolute Gasteiger partial charge is 0.344 e. The molecule has 1 heterocycles. The summed E-state index contributed by atoms with van der Waals surface area (Å²) in [5.41, 5.74) is 0.803. The van der Waals surface area contributed by atoms with Gasteiger partial charge in [-0.05, 0) is 35.0 Å². The maximum absolute atomic E-state index is 12.3. The molecule has 7 nitrogen and oxygen atoms in total. The van der Waals surface area contributed by atoms with Crippen LogP contribution in [0.15, 0.2) is 33.7 Å². The second-order valence-electron chi connectivity index (χ2n) is 5.20. The molecule has 8 heteroatoms. The molecule has 0 aliphatic rings. The van der Waals surface area contributed by atoms with Crippen LogP contribution in [0.2, 0.25) is 0 Å². The van der Waals surface area contributed by atoms with Crippen molar-refractivity contribution in [1.82, 2.24) is 0 Å². The molecule has 0 saturated heterocycles. The summed E-state index contributed by atoms with van der Waals surface area (Å²) in [6, 6.07) is 3.28. The molecule has 0 atom stereocenters. The third-order valence-corrected chi connectivity index (χ3v) is 3.97. The van der Waals surface area contributed by atoms with Gasteiger partial charge < -0.3 is 23.4 Å². The Morgan fingerprint density at radius 1 is 1.27 bits per heavy atom. The SMILES string of the molecule is C=CCOC(=O)COc1cc2c(C(=O)OCCOC)c(C)oc2cc1Br. The van der Waals surface area contributed by atoms with E-state index in [2.05, 4.69) is 22.5 Å². The number of benzene rings is 1. The Hall–Kier alpha value is -2.32. The van der Waals surface area contributed by atoms with Gasteiger partial charge in [-0.3, -0.25) is 0 Å². The van der Waals surface area contributed by atoms with Crippen molar-refractivity contribution >= 4 is 38.8 Å². The highest BCUT2D eigenvalue weighted by Gasteiger charge is 2.21. The van der Waals surface area contributed by atoms with Crippen molar-refractivity contribution in [2.45, 2.75) is 6.92 Å². The van der Waals surface area contributed by atoms with E-state index >= 15 is 0 Å². The van der Waals surface area contributed by atoms with Crippen LogP contribution in [0, 0.1) is 6.92 Å². The van der Waals surface area contributed by atoms with Crippen LogP contribution in [0.25, 0.3) is 11.0 Å². The highest BCUT2D eigenvalue weighted by molar-refractivity contribution is 9.10. The molecule has 0 aliphatic carbocycles. The van der Waals surface area contributed by atoms with Crippen molar-refractivity contribution in [3.8, 4) is 5.75 Å². The number of fused-ring (bicyclic) bond motifs is 1. The molecule has 26 heavy (non-hydrogen) atoms. The van der Waals surface area contributed by atoms with E-state index in [1.54, 1.807) is 19.1 Å². The summed E-state index contributed by atoms with van der Waals surface area (Å²) in [6.07, 6.45) is 1.47. The van der Waals surface area contributed by atoms with Crippen LogP contribution >= 0.6 is 15.9 Å². The van der Waals surface area contributed by atoms with E-state index in [-0.39, 0.29) is 19.8 Å². The summed E-state index contributed by atoms with van der Waals surface area (Å²) in [7, 11) is 1.52. The second-order valence-corrected chi connectivity index (χ2v) is 6.06. The maximum atomic E-state index is 12.3. The van der Waals surface area contributed by atoms with Gasteiger partial charge in [0.1, 0.15) is 35.9 Å². The minimum Gasteiger partial charge on any atom is -0.481 e. The van der Waals surface area contributed by atoms with Gasteiger partial charge in [0.2, 0.25) is 0 Å². The number of rotatable bonds is 9. The number of halogens is 1. The molecular weight excluding hydrogens is 408 g/mol. The van der Waals surface area contributed by atoms with Crippen LogP contribution in [0.5, 0.6) is 5.75 Å². The van der Waals surface area contributed by atoms with Crippen molar-refractivity contribution in [2.24, 2.45) is 0 Å². The van der Waals surface area contributed by atoms with Crippen molar-refractivity contribution in [2.75, 3.05) is 33.5 Å². The van der Waals surface area contributed by atoms with Gasteiger partial charge in [0, 0.05) is 12.5 Å². The Kier molecular flexibility index (Phi) is 7.23. The molecule has 0 aliphatic heterocycles. The lowest BCUT2D eigenvalue weighted by atomic mass is 10.1. The van der Waals surface area contributed by atoms with Gasteiger partial charge in [-0.25, -0.2) is 9.59 Å². The number of methoxy groups -OCH3 is 1. The summed E-state index contributed by atoms with van der Waals surface area (Å²) >= 11 is 3.36. The topological polar surface area (TPSA) is 84.2 Å². The Bertz CT molecular complexity index is 809. The summed E-state index contributed by atoms with van der Waals surface area (Å²) < 4.78 is 26.6. The molecule has 0 spiro atoms. The quantitative estimate of drug-likeness (QED) is 0.345. The largest absolute Gasteiger partial charge is 0.481 e. The van der Waals surface area contributed by atoms with E-state index in [4.69, 9.17) is 23.4 Å². The highest BCUT2D eigenvalue weighted by atomic mass is 79.9. The van der Waals surface area contributed by atoms with Crippen LogP contribution in [-0.2, 0) is 19.0 Å². The predicted molar refractivity (Wildman–Crippen MR) is 97.5 cm³/mol. The molecule has 140 valence electrons. The van der Waals surface area contributed by atoms with Gasteiger partial charge in [0.15, 0.2) is 6.61 Å². The molecule has 1 aromatic carbocycles. The molecule has 0 bridgehead atoms. The number of carbonyl (C=O) groups excluding carboxylic acids is 2. The number of carbonyl (C=O) groups is 2. The molecule has 0 fully saturated rings. The summed E-state index contributed by atoms with van der Waals surface area (Å²) in [6.45, 7) is 5.41. The Labute approximate surface area is 159 Å². The number of ether oxygens (including phenoxy) is 4. The van der Waals surface area contributed by atoms with Gasteiger partial charge in [-0.2, -0.15) is 0 Å². The van der Waals surface area contributed by atoms with Gasteiger partial charge in [-0.15, -0.1) is 0 Å². The molecule has 2 aromatic rings. The molecule has 0 radical (unpaired) electrons. The summed E-state index contributed by atoms with van der Waals surface area (Å²) in [5, 5.41) is 0.530. The molecule has 0 saturated carbocycles. The first-order valence-corrected chi connectivity index (χ1v) is 8.55. The first-order valence-electron chi connectivity index (χ1n) is 7.76. The molecule has 1 aromatic heterocycles. The van der Waals surface area contributed by atoms with Crippen molar-refractivity contribution in [3.63, 3.8) is 0 Å². The normalized spacial score (nSPS) is 10.6. The first-order chi connectivity index (χ1) is 12.5. The van der Waals surface area contributed by atoms with Gasteiger partial charge in [0.05, 0.1) is 11.1 Å². The molecule has 0 unspecified atom stereocenters. The van der Waals surface area contributed by atoms with Crippen LogP contribution in [0.1, 0.15) is 16.1 Å². The summed E-state index contributed by atoms with van der Waals surface area (Å²) in [5.74, 6) is -0.243. The number of esters is 2. The standard InChI is InChI=1S/C18H19BrO7/c1-4-5-23-16(20)10-25-15-8-12-14(9-13(15)19)26-11(2)17(12)18(21)24-7-6-22-3/h4,8-9H,1,5-7,10H2,2-3H3. The van der Waals surface area contributed by atoms with Gasteiger partial charge >= 0.3 is 11.9 Å². The van der Waals surface area contributed by atoms with E-state index in [1.807, 2.05) is 0 Å². The minimum atomic E-state index is -0.528. The van der Waals surface area contributed by atoms with Gasteiger partial charge in [-0.1, -0.05) is 12.7 Å². The van der Waals surface area contributed by atoms with Crippen molar-refractivity contribution in [1.29, 1.82) is 0 Å². The zero-order chi connectivity index (χ0) is 19.1. The fraction of sp³-hybridized carbons (Fsp3) is 0.333. The number of hydrogen-bond donors (Lipinski definition) is 0. The maximum Gasteiger partial charge on any atom is 0.344 e. The Morgan fingerprint density at radius 2 is 2.04 bits per heavy atom. The van der Waals surface area contributed by atoms with Crippen LogP contribution < -0.4 is 4.74 Å². The zero-order valence-electron chi connectivity index (χ0n) is 14.5. The third-order valence-electron chi connectivity index (χ3n) is 3.35. The van der Waals surface area contributed by atoms with Crippen molar-refractivity contribution < 1.29 is 33.0 Å². The van der Waals surface area contributed by atoms with Gasteiger partial charge in [0.25, 0.3) is 0 Å².